The largest absolute Gasteiger partial charge is 0.489 e. The summed E-state index contributed by atoms with van der Waals surface area (Å²) in [7, 11) is -1.44. The van der Waals surface area contributed by atoms with Crippen LogP contribution in [0, 0.1) is 0 Å². The molecule has 0 bridgehead atoms. The molecule has 2 rings (SSSR count). The van der Waals surface area contributed by atoms with Crippen LogP contribution in [0.3, 0.4) is 0 Å². The molecule has 2 N–H and O–H groups in total. The Morgan fingerprint density at radius 2 is 1.86 bits per heavy atom. The van der Waals surface area contributed by atoms with Crippen molar-refractivity contribution in [2.45, 2.75) is 0 Å². The molecular weight excluding hydrogens is 200 g/mol. The van der Waals surface area contributed by atoms with Crippen molar-refractivity contribution in [3.05, 3.63) is 36.5 Å². The summed E-state index contributed by atoms with van der Waals surface area (Å²) in [5.74, 6) is 0. The Labute approximate surface area is 88.0 Å². The Balaban J connectivity index is 0.000000980. The van der Waals surface area contributed by atoms with Crippen molar-refractivity contribution in [1.82, 2.24) is 4.98 Å². The fraction of sp³-hybridized carbons (Fsp3) is 0. The normalized spacial score (nSPS) is 9.57. The van der Waals surface area contributed by atoms with Crippen molar-refractivity contribution in [2.24, 2.45) is 0 Å². The third-order valence-corrected chi connectivity index (χ3v) is 1.96. The average molecular weight is 209 g/mol. The highest BCUT2D eigenvalue weighted by Gasteiger charge is 2.13. The van der Waals surface area contributed by atoms with E-state index in [1.807, 2.05) is 12.1 Å². The minimum absolute atomic E-state index is 0. The molecule has 0 fully saturated rings. The Kier molecular flexibility index (Phi) is 3.46. The van der Waals surface area contributed by atoms with Crippen molar-refractivity contribution in [2.75, 3.05) is 0 Å². The average Bonchev–Trinajstić information content (AvgIpc) is 2.17. The molecule has 0 spiro atoms. The lowest BCUT2D eigenvalue weighted by Gasteiger charge is -2.03. The highest BCUT2D eigenvalue weighted by molar-refractivity contribution is 6.61. The predicted molar refractivity (Wildman–Crippen MR) is 58.8 cm³/mol. The van der Waals surface area contributed by atoms with Gasteiger partial charge in [-0.1, -0.05) is 18.2 Å². The summed E-state index contributed by atoms with van der Waals surface area (Å²) in [4.78, 5) is 4.10. The van der Waals surface area contributed by atoms with Gasteiger partial charge < -0.3 is 10.0 Å². The number of rotatable bonds is 1. The van der Waals surface area contributed by atoms with Crippen LogP contribution in [0.5, 0.6) is 0 Å². The number of hydrogen-bond donors (Lipinski definition) is 2. The molecule has 0 atom stereocenters. The second-order valence-electron chi connectivity index (χ2n) is 2.79. The van der Waals surface area contributed by atoms with Crippen LogP contribution in [-0.2, 0) is 0 Å². The van der Waals surface area contributed by atoms with Crippen LogP contribution >= 0.6 is 12.4 Å². The number of benzene rings is 1. The van der Waals surface area contributed by atoms with Gasteiger partial charge in [-0.25, -0.2) is 0 Å². The summed E-state index contributed by atoms with van der Waals surface area (Å²) in [5, 5.41) is 18.9. The second-order valence-corrected chi connectivity index (χ2v) is 2.79. The first-order valence-corrected chi connectivity index (χ1v) is 3.99. The maximum absolute atomic E-state index is 9.05. The molecule has 0 aliphatic carbocycles. The lowest BCUT2D eigenvalue weighted by molar-refractivity contribution is 0.426. The second kappa shape index (κ2) is 4.42. The van der Waals surface area contributed by atoms with Gasteiger partial charge in [-0.05, 0) is 23.0 Å². The molecule has 1 aromatic carbocycles. The highest BCUT2D eigenvalue weighted by atomic mass is 35.5. The molecule has 0 aliphatic heterocycles. The van der Waals surface area contributed by atoms with Gasteiger partial charge in [0, 0.05) is 6.20 Å². The molecule has 0 saturated carbocycles. The topological polar surface area (TPSA) is 53.4 Å². The Hall–Kier alpha value is -1.10. The van der Waals surface area contributed by atoms with E-state index in [1.54, 1.807) is 24.4 Å². The van der Waals surface area contributed by atoms with Gasteiger partial charge in [0.15, 0.2) is 0 Å². The van der Waals surface area contributed by atoms with Crippen LogP contribution in [0.4, 0.5) is 0 Å². The summed E-state index contributed by atoms with van der Waals surface area (Å²) >= 11 is 0. The van der Waals surface area contributed by atoms with Crippen LogP contribution in [0.1, 0.15) is 0 Å². The van der Waals surface area contributed by atoms with Crippen LogP contribution in [0.15, 0.2) is 36.5 Å². The highest BCUT2D eigenvalue weighted by Crippen LogP contribution is 2.07. The van der Waals surface area contributed by atoms with Crippen LogP contribution in [0.2, 0.25) is 0 Å². The molecule has 0 aliphatic rings. The smallest absolute Gasteiger partial charge is 0.423 e. The van der Waals surface area contributed by atoms with Gasteiger partial charge in [0.25, 0.3) is 0 Å². The summed E-state index contributed by atoms with van der Waals surface area (Å²) < 4.78 is 0. The monoisotopic (exact) mass is 209 g/mol. The van der Waals surface area contributed by atoms with E-state index >= 15 is 0 Å². The Morgan fingerprint density at radius 1 is 1.07 bits per heavy atom. The third kappa shape index (κ3) is 1.87. The van der Waals surface area contributed by atoms with Gasteiger partial charge in [0.1, 0.15) is 0 Å². The van der Waals surface area contributed by atoms with E-state index in [-0.39, 0.29) is 12.4 Å². The minimum Gasteiger partial charge on any atom is -0.423 e. The fourth-order valence-electron chi connectivity index (χ4n) is 1.35. The van der Waals surface area contributed by atoms with E-state index in [2.05, 4.69) is 4.98 Å². The van der Waals surface area contributed by atoms with E-state index in [4.69, 9.17) is 10.0 Å². The quantitative estimate of drug-likeness (QED) is 0.666. The maximum atomic E-state index is 9.05. The zero-order valence-electron chi connectivity index (χ0n) is 7.29. The van der Waals surface area contributed by atoms with Crippen molar-refractivity contribution in [3.8, 4) is 0 Å². The van der Waals surface area contributed by atoms with E-state index < -0.39 is 7.12 Å². The minimum atomic E-state index is -1.44. The predicted octanol–water partition coefficient (Wildman–Crippen LogP) is 0.336. The summed E-state index contributed by atoms with van der Waals surface area (Å²) in [6, 6.07) is 8.85. The first-order chi connectivity index (χ1) is 6.29. The van der Waals surface area contributed by atoms with Crippen molar-refractivity contribution >= 4 is 35.9 Å². The number of nitrogens with zero attached hydrogens (tertiary/aromatic N) is 1. The fourth-order valence-corrected chi connectivity index (χ4v) is 1.35. The molecule has 0 amide bonds. The number of hydrogen-bond acceptors (Lipinski definition) is 3. The third-order valence-electron chi connectivity index (χ3n) is 1.96. The molecule has 0 unspecified atom stereocenters. The Bertz CT molecular complexity index is 431. The molecule has 1 aromatic heterocycles. The number of pyridine rings is 1. The number of aromatic nitrogens is 1. The van der Waals surface area contributed by atoms with Crippen molar-refractivity contribution < 1.29 is 10.0 Å². The van der Waals surface area contributed by atoms with Crippen LogP contribution < -0.4 is 5.46 Å². The zero-order chi connectivity index (χ0) is 9.26. The summed E-state index contributed by atoms with van der Waals surface area (Å²) in [5.41, 5.74) is 1.26. The van der Waals surface area contributed by atoms with Gasteiger partial charge in [-0.2, -0.15) is 0 Å². The molecule has 0 radical (unpaired) electrons. The van der Waals surface area contributed by atoms with E-state index in [0.717, 1.165) is 10.9 Å². The summed E-state index contributed by atoms with van der Waals surface area (Å²) in [6.07, 6.45) is 1.68. The van der Waals surface area contributed by atoms with Crippen molar-refractivity contribution in [1.29, 1.82) is 0 Å². The lowest BCUT2D eigenvalue weighted by atomic mass is 9.78. The van der Waals surface area contributed by atoms with E-state index in [0.29, 0.717) is 5.46 Å². The number of halogens is 1. The van der Waals surface area contributed by atoms with Crippen LogP contribution in [0.25, 0.3) is 10.9 Å². The van der Waals surface area contributed by atoms with E-state index in [9.17, 15) is 0 Å². The molecule has 2 aromatic rings. The molecule has 3 nitrogen and oxygen atoms in total. The Morgan fingerprint density at radius 3 is 2.57 bits per heavy atom. The molecule has 1 heterocycles. The molecule has 72 valence electrons. The summed E-state index contributed by atoms with van der Waals surface area (Å²) in [6.45, 7) is 0. The van der Waals surface area contributed by atoms with Gasteiger partial charge >= 0.3 is 7.12 Å². The molecule has 0 saturated heterocycles. The molecule has 14 heavy (non-hydrogen) atoms. The van der Waals surface area contributed by atoms with Crippen LogP contribution in [-0.4, -0.2) is 22.2 Å². The van der Waals surface area contributed by atoms with Gasteiger partial charge in [0.2, 0.25) is 0 Å². The van der Waals surface area contributed by atoms with Crippen molar-refractivity contribution in [3.63, 3.8) is 0 Å². The maximum Gasteiger partial charge on any atom is 0.489 e. The molecular formula is C9H9BClNO2. The lowest BCUT2D eigenvalue weighted by Crippen LogP contribution is -2.30. The SMILES string of the molecule is Cl.OB(O)c1cccc2ncccc12. The van der Waals surface area contributed by atoms with E-state index in [1.165, 1.54) is 0 Å². The van der Waals surface area contributed by atoms with Gasteiger partial charge in [-0.15, -0.1) is 12.4 Å². The van der Waals surface area contributed by atoms with Gasteiger partial charge in [-0.3, -0.25) is 4.98 Å². The zero-order valence-corrected chi connectivity index (χ0v) is 8.11. The van der Waals surface area contributed by atoms with Gasteiger partial charge in [0.05, 0.1) is 5.52 Å². The number of fused-ring (bicyclic) bond motifs is 1. The first kappa shape index (κ1) is 11.0. The first-order valence-electron chi connectivity index (χ1n) is 3.99. The molecule has 5 heteroatoms. The standard InChI is InChI=1S/C9H8BNO2.ClH/c12-10(13)8-4-1-5-9-7(8)3-2-6-11-9;/h1-6,12-13H;1H.